The van der Waals surface area contributed by atoms with Gasteiger partial charge in [0.15, 0.2) is 10.9 Å². The SMILES string of the molecule is Cc1cc(C(=O)CCC(=O)Nc2nc(CN3CCCCC3)cs2)c(C)s1. The fourth-order valence-electron chi connectivity index (χ4n) is 3.23. The van der Waals surface area contributed by atoms with Crippen molar-refractivity contribution in [3.8, 4) is 0 Å². The normalized spacial score (nSPS) is 15.2. The van der Waals surface area contributed by atoms with Crippen molar-refractivity contribution >= 4 is 39.5 Å². The Morgan fingerprint density at radius 3 is 2.65 bits per heavy atom. The van der Waals surface area contributed by atoms with Crippen LogP contribution in [0, 0.1) is 13.8 Å². The molecule has 0 bridgehead atoms. The van der Waals surface area contributed by atoms with Crippen LogP contribution in [0.1, 0.15) is 57.9 Å². The maximum absolute atomic E-state index is 12.3. The molecule has 0 spiro atoms. The van der Waals surface area contributed by atoms with E-state index in [1.807, 2.05) is 25.3 Å². The van der Waals surface area contributed by atoms with Crippen LogP contribution in [0.5, 0.6) is 0 Å². The molecule has 1 aliphatic heterocycles. The number of anilines is 1. The van der Waals surface area contributed by atoms with Gasteiger partial charge in [-0.2, -0.15) is 0 Å². The number of aryl methyl sites for hydroxylation is 2. The molecule has 1 amide bonds. The Balaban J connectivity index is 1.46. The number of carbonyl (C=O) groups is 2. The van der Waals surface area contributed by atoms with E-state index < -0.39 is 0 Å². The minimum absolute atomic E-state index is 0.0342. The van der Waals surface area contributed by atoms with Gasteiger partial charge in [-0.15, -0.1) is 22.7 Å². The zero-order chi connectivity index (χ0) is 18.5. The number of hydrogen-bond acceptors (Lipinski definition) is 6. The monoisotopic (exact) mass is 391 g/mol. The summed E-state index contributed by atoms with van der Waals surface area (Å²) in [5.41, 5.74) is 1.76. The molecule has 2 aromatic rings. The van der Waals surface area contributed by atoms with Crippen LogP contribution >= 0.6 is 22.7 Å². The fourth-order valence-corrected chi connectivity index (χ4v) is 4.89. The number of thiophene rings is 1. The second-order valence-corrected chi connectivity index (χ2v) is 9.10. The number of likely N-dealkylation sites (tertiary alicyclic amines) is 1. The Morgan fingerprint density at radius 2 is 1.96 bits per heavy atom. The van der Waals surface area contributed by atoms with Crippen molar-refractivity contribution in [2.45, 2.75) is 52.5 Å². The number of thiazole rings is 1. The number of piperidine rings is 1. The Bertz CT molecular complexity index is 776. The second-order valence-electron chi connectivity index (χ2n) is 6.78. The number of nitrogens with zero attached hydrogens (tertiary/aromatic N) is 2. The molecule has 1 aliphatic rings. The van der Waals surface area contributed by atoms with E-state index >= 15 is 0 Å². The second kappa shape index (κ2) is 8.88. The zero-order valence-corrected chi connectivity index (χ0v) is 17.0. The predicted molar refractivity (Wildman–Crippen MR) is 107 cm³/mol. The molecule has 1 fully saturated rings. The molecule has 0 unspecified atom stereocenters. The summed E-state index contributed by atoms with van der Waals surface area (Å²) in [5.74, 6) is -0.117. The van der Waals surface area contributed by atoms with E-state index in [-0.39, 0.29) is 24.5 Å². The van der Waals surface area contributed by atoms with Crippen LogP contribution in [0.3, 0.4) is 0 Å². The quantitative estimate of drug-likeness (QED) is 0.710. The first kappa shape index (κ1) is 19.2. The smallest absolute Gasteiger partial charge is 0.226 e. The van der Waals surface area contributed by atoms with Crippen LogP contribution in [0.2, 0.25) is 0 Å². The van der Waals surface area contributed by atoms with Gasteiger partial charge in [0.2, 0.25) is 5.91 Å². The van der Waals surface area contributed by atoms with Gasteiger partial charge >= 0.3 is 0 Å². The number of amides is 1. The summed E-state index contributed by atoms with van der Waals surface area (Å²) < 4.78 is 0. The first-order chi connectivity index (χ1) is 12.5. The van der Waals surface area contributed by atoms with Crippen molar-refractivity contribution in [3.05, 3.63) is 32.5 Å². The topological polar surface area (TPSA) is 62.3 Å². The maximum atomic E-state index is 12.3. The van der Waals surface area contributed by atoms with E-state index in [0.29, 0.717) is 5.13 Å². The number of Topliss-reactive ketones (excluding diaryl/α,β-unsaturated/α-hetero) is 1. The van der Waals surface area contributed by atoms with Gasteiger partial charge in [0.25, 0.3) is 0 Å². The molecule has 2 aromatic heterocycles. The minimum atomic E-state index is -0.151. The Labute approximate surface area is 162 Å². The van der Waals surface area contributed by atoms with Gasteiger partial charge in [-0.1, -0.05) is 6.42 Å². The molecule has 0 saturated carbocycles. The summed E-state index contributed by atoms with van der Waals surface area (Å²) >= 11 is 3.07. The summed E-state index contributed by atoms with van der Waals surface area (Å²) in [6.45, 7) is 7.04. The van der Waals surface area contributed by atoms with E-state index in [2.05, 4.69) is 15.2 Å². The van der Waals surface area contributed by atoms with Crippen LogP contribution < -0.4 is 5.32 Å². The highest BCUT2D eigenvalue weighted by Crippen LogP contribution is 2.23. The van der Waals surface area contributed by atoms with Crippen molar-refractivity contribution in [1.82, 2.24) is 9.88 Å². The van der Waals surface area contributed by atoms with Crippen LogP contribution in [0.4, 0.5) is 5.13 Å². The van der Waals surface area contributed by atoms with E-state index in [0.717, 1.165) is 40.6 Å². The molecule has 5 nitrogen and oxygen atoms in total. The summed E-state index contributed by atoms with van der Waals surface area (Å²) in [6.07, 6.45) is 4.25. The highest BCUT2D eigenvalue weighted by molar-refractivity contribution is 7.14. The van der Waals surface area contributed by atoms with Crippen molar-refractivity contribution in [2.75, 3.05) is 18.4 Å². The molecule has 26 heavy (non-hydrogen) atoms. The molecule has 1 N–H and O–H groups in total. The third-order valence-corrected chi connectivity index (χ3v) is 6.33. The summed E-state index contributed by atoms with van der Waals surface area (Å²) in [6, 6.07) is 1.91. The molecule has 7 heteroatoms. The molecule has 0 aliphatic carbocycles. The largest absolute Gasteiger partial charge is 0.302 e. The summed E-state index contributed by atoms with van der Waals surface area (Å²) in [5, 5.41) is 5.46. The van der Waals surface area contributed by atoms with Gasteiger partial charge in [0.05, 0.1) is 5.69 Å². The first-order valence-corrected chi connectivity index (χ1v) is 10.8. The molecular weight excluding hydrogens is 366 g/mol. The average Bonchev–Trinajstić information content (AvgIpc) is 3.19. The fraction of sp³-hybridized carbons (Fsp3) is 0.526. The highest BCUT2D eigenvalue weighted by atomic mass is 32.1. The van der Waals surface area contributed by atoms with Gasteiger partial charge in [-0.3, -0.25) is 14.5 Å². The lowest BCUT2D eigenvalue weighted by Crippen LogP contribution is -2.29. The van der Waals surface area contributed by atoms with E-state index in [1.54, 1.807) is 11.3 Å². The molecule has 3 heterocycles. The standard InChI is InChI=1S/C19H25N3O2S2/c1-13-10-16(14(2)26-13)17(23)6-7-18(24)21-19-20-15(12-25-19)11-22-8-4-3-5-9-22/h10,12H,3-9,11H2,1-2H3,(H,20,21,24). The number of carbonyl (C=O) groups excluding carboxylic acids is 2. The van der Waals surface area contributed by atoms with Crippen LogP contribution in [0.15, 0.2) is 11.4 Å². The van der Waals surface area contributed by atoms with Gasteiger partial charge in [0.1, 0.15) is 0 Å². The summed E-state index contributed by atoms with van der Waals surface area (Å²) in [7, 11) is 0. The van der Waals surface area contributed by atoms with E-state index in [9.17, 15) is 9.59 Å². The van der Waals surface area contributed by atoms with Gasteiger partial charge < -0.3 is 5.32 Å². The van der Waals surface area contributed by atoms with Crippen molar-refractivity contribution in [2.24, 2.45) is 0 Å². The number of rotatable bonds is 7. The molecule has 1 saturated heterocycles. The summed E-state index contributed by atoms with van der Waals surface area (Å²) in [4.78, 5) is 33.5. The van der Waals surface area contributed by atoms with Crippen LogP contribution in [-0.4, -0.2) is 34.7 Å². The number of nitrogens with one attached hydrogen (secondary N) is 1. The lowest BCUT2D eigenvalue weighted by molar-refractivity contribution is -0.116. The number of ketones is 1. The lowest BCUT2D eigenvalue weighted by Gasteiger charge is -2.25. The predicted octanol–water partition coefficient (Wildman–Crippen LogP) is 4.41. The molecule has 0 atom stereocenters. The van der Waals surface area contributed by atoms with Gasteiger partial charge in [0, 0.05) is 40.1 Å². The van der Waals surface area contributed by atoms with Gasteiger partial charge in [-0.25, -0.2) is 4.98 Å². The average molecular weight is 392 g/mol. The van der Waals surface area contributed by atoms with Crippen molar-refractivity contribution in [1.29, 1.82) is 0 Å². The number of aromatic nitrogens is 1. The Hall–Kier alpha value is -1.57. The van der Waals surface area contributed by atoms with E-state index in [4.69, 9.17) is 0 Å². The van der Waals surface area contributed by atoms with E-state index in [1.165, 1.54) is 30.6 Å². The first-order valence-electron chi connectivity index (χ1n) is 9.08. The molecule has 0 radical (unpaired) electrons. The molecule has 0 aromatic carbocycles. The Morgan fingerprint density at radius 1 is 1.19 bits per heavy atom. The van der Waals surface area contributed by atoms with Gasteiger partial charge in [-0.05, 0) is 45.8 Å². The highest BCUT2D eigenvalue weighted by Gasteiger charge is 2.16. The lowest BCUT2D eigenvalue weighted by atomic mass is 10.1. The maximum Gasteiger partial charge on any atom is 0.226 e. The zero-order valence-electron chi connectivity index (χ0n) is 15.3. The molecule has 140 valence electrons. The minimum Gasteiger partial charge on any atom is -0.302 e. The molecular formula is C19H25N3O2S2. The number of hydrogen-bond donors (Lipinski definition) is 1. The third kappa shape index (κ3) is 5.22. The molecule has 3 rings (SSSR count). The Kier molecular flexibility index (Phi) is 6.56. The van der Waals surface area contributed by atoms with Crippen LogP contribution in [-0.2, 0) is 11.3 Å². The van der Waals surface area contributed by atoms with Crippen molar-refractivity contribution < 1.29 is 9.59 Å². The van der Waals surface area contributed by atoms with Crippen molar-refractivity contribution in [3.63, 3.8) is 0 Å². The third-order valence-electron chi connectivity index (χ3n) is 4.55. The van der Waals surface area contributed by atoms with Crippen LogP contribution in [0.25, 0.3) is 0 Å².